The lowest BCUT2D eigenvalue weighted by atomic mass is 10.0. The van der Waals surface area contributed by atoms with Gasteiger partial charge in [0.15, 0.2) is 0 Å². The second-order valence-corrected chi connectivity index (χ2v) is 7.73. The van der Waals surface area contributed by atoms with Crippen LogP contribution in [0.4, 0.5) is 5.69 Å². The van der Waals surface area contributed by atoms with E-state index in [9.17, 15) is 4.79 Å². The molecule has 0 unspecified atom stereocenters. The van der Waals surface area contributed by atoms with Gasteiger partial charge in [0.25, 0.3) is 0 Å². The Bertz CT molecular complexity index is 1370. The molecule has 4 heterocycles. The number of aromatic nitrogens is 5. The summed E-state index contributed by atoms with van der Waals surface area (Å²) in [6.07, 6.45) is 7.03. The minimum Gasteiger partial charge on any atom is -0.353 e. The number of amides is 1. The molecule has 4 aromatic heterocycles. The van der Waals surface area contributed by atoms with Crippen molar-refractivity contribution in [1.82, 2.24) is 30.0 Å². The lowest BCUT2D eigenvalue weighted by Crippen LogP contribution is -2.27. The largest absolute Gasteiger partial charge is 0.353 e. The molecule has 5 rings (SSSR count). The molecule has 0 saturated carbocycles. The fourth-order valence-electron chi connectivity index (χ4n) is 3.65. The number of fused-ring (bicyclic) bond motifs is 2. The van der Waals surface area contributed by atoms with Gasteiger partial charge in [-0.3, -0.25) is 19.9 Å². The molecule has 0 aliphatic carbocycles. The van der Waals surface area contributed by atoms with Gasteiger partial charge < -0.3 is 15.2 Å². The molecule has 5 aromatic rings. The van der Waals surface area contributed by atoms with Gasteiger partial charge in [0.05, 0.1) is 29.6 Å². The summed E-state index contributed by atoms with van der Waals surface area (Å²) in [5.41, 5.74) is 6.30. The summed E-state index contributed by atoms with van der Waals surface area (Å²) in [4.78, 5) is 25.8. The lowest BCUT2D eigenvalue weighted by Gasteiger charge is -2.11. The molecule has 0 atom stereocenters. The molecule has 0 saturated heterocycles. The first kappa shape index (κ1) is 19.0. The monoisotopic (exact) mass is 411 g/mol. The first-order valence-electron chi connectivity index (χ1n) is 9.88. The van der Waals surface area contributed by atoms with Crippen LogP contribution in [-0.2, 0) is 4.79 Å². The molecule has 154 valence electrons. The van der Waals surface area contributed by atoms with Crippen LogP contribution >= 0.6 is 0 Å². The molecule has 8 heteroatoms. The van der Waals surface area contributed by atoms with Crippen LogP contribution in [0.3, 0.4) is 0 Å². The molecule has 31 heavy (non-hydrogen) atoms. The predicted molar refractivity (Wildman–Crippen MR) is 122 cm³/mol. The Morgan fingerprint density at radius 2 is 1.90 bits per heavy atom. The van der Waals surface area contributed by atoms with Crippen LogP contribution in [0.1, 0.15) is 0 Å². The first-order chi connectivity index (χ1) is 15.1. The molecule has 0 radical (unpaired) electrons. The number of rotatable bonds is 5. The van der Waals surface area contributed by atoms with Crippen molar-refractivity contribution in [3.05, 3.63) is 61.2 Å². The maximum absolute atomic E-state index is 12.1. The van der Waals surface area contributed by atoms with Crippen LogP contribution in [0.15, 0.2) is 61.2 Å². The molecule has 8 nitrogen and oxygen atoms in total. The predicted octanol–water partition coefficient (Wildman–Crippen LogP) is 3.67. The van der Waals surface area contributed by atoms with E-state index in [0.29, 0.717) is 12.2 Å². The lowest BCUT2D eigenvalue weighted by molar-refractivity contribution is -0.116. The number of nitrogens with zero attached hydrogens (tertiary/aromatic N) is 4. The third-order valence-electron chi connectivity index (χ3n) is 5.05. The molecule has 1 aromatic carbocycles. The number of carbonyl (C=O) groups is 1. The maximum atomic E-state index is 12.1. The van der Waals surface area contributed by atoms with Gasteiger partial charge in [0, 0.05) is 40.4 Å². The normalized spacial score (nSPS) is 11.5. The highest BCUT2D eigenvalue weighted by Gasteiger charge is 2.13. The SMILES string of the molecule is CN(C)CC(=O)Nc1cncc(-c2ccc3[nH]nc(-c4cc5cnccc5[nH]4)c3c2)c1. The number of carbonyl (C=O) groups excluding carboxylic acids is 1. The van der Waals surface area contributed by atoms with E-state index in [1.54, 1.807) is 18.6 Å². The van der Waals surface area contributed by atoms with Crippen molar-refractivity contribution in [3.63, 3.8) is 0 Å². The number of aromatic amines is 2. The number of anilines is 1. The minimum atomic E-state index is -0.0789. The van der Waals surface area contributed by atoms with Crippen molar-refractivity contribution in [2.45, 2.75) is 0 Å². The third-order valence-corrected chi connectivity index (χ3v) is 5.05. The Hall–Kier alpha value is -4.04. The molecular weight excluding hydrogens is 390 g/mol. The second kappa shape index (κ2) is 7.66. The van der Waals surface area contributed by atoms with Crippen LogP contribution in [0.2, 0.25) is 0 Å². The highest BCUT2D eigenvalue weighted by molar-refractivity contribution is 5.98. The molecule has 0 fully saturated rings. The van der Waals surface area contributed by atoms with Crippen molar-refractivity contribution < 1.29 is 4.79 Å². The van der Waals surface area contributed by atoms with Gasteiger partial charge in [-0.05, 0) is 50.0 Å². The molecule has 0 aliphatic heterocycles. The Labute approximate surface area is 178 Å². The van der Waals surface area contributed by atoms with Crippen molar-refractivity contribution in [3.8, 4) is 22.5 Å². The van der Waals surface area contributed by atoms with E-state index in [1.807, 2.05) is 55.5 Å². The van der Waals surface area contributed by atoms with Crippen LogP contribution in [0.5, 0.6) is 0 Å². The Kier molecular flexibility index (Phi) is 4.68. The minimum absolute atomic E-state index is 0.0789. The summed E-state index contributed by atoms with van der Waals surface area (Å²) in [7, 11) is 3.71. The van der Waals surface area contributed by atoms with E-state index < -0.39 is 0 Å². The second-order valence-electron chi connectivity index (χ2n) is 7.73. The van der Waals surface area contributed by atoms with E-state index in [0.717, 1.165) is 44.3 Å². The maximum Gasteiger partial charge on any atom is 0.238 e. The number of benzene rings is 1. The van der Waals surface area contributed by atoms with Gasteiger partial charge in [-0.15, -0.1) is 0 Å². The average Bonchev–Trinajstić information content (AvgIpc) is 3.36. The van der Waals surface area contributed by atoms with Crippen LogP contribution < -0.4 is 5.32 Å². The number of hydrogen-bond acceptors (Lipinski definition) is 5. The van der Waals surface area contributed by atoms with Gasteiger partial charge in [-0.25, -0.2) is 0 Å². The zero-order chi connectivity index (χ0) is 21.4. The van der Waals surface area contributed by atoms with Gasteiger partial charge >= 0.3 is 0 Å². The highest BCUT2D eigenvalue weighted by atomic mass is 16.2. The topological polar surface area (TPSA) is 103 Å². The quantitative estimate of drug-likeness (QED) is 0.410. The first-order valence-corrected chi connectivity index (χ1v) is 9.88. The van der Waals surface area contributed by atoms with Crippen molar-refractivity contribution >= 4 is 33.4 Å². The Balaban J connectivity index is 1.51. The van der Waals surface area contributed by atoms with Gasteiger partial charge in [-0.1, -0.05) is 6.07 Å². The van der Waals surface area contributed by atoms with Crippen molar-refractivity contribution in [2.75, 3.05) is 26.0 Å². The van der Waals surface area contributed by atoms with Gasteiger partial charge in [0.1, 0.15) is 5.69 Å². The Morgan fingerprint density at radius 1 is 1.00 bits per heavy atom. The van der Waals surface area contributed by atoms with Crippen molar-refractivity contribution in [2.24, 2.45) is 0 Å². The van der Waals surface area contributed by atoms with E-state index in [-0.39, 0.29) is 5.91 Å². The molecule has 0 aliphatic rings. The molecule has 3 N–H and O–H groups in total. The van der Waals surface area contributed by atoms with Gasteiger partial charge in [-0.2, -0.15) is 5.10 Å². The molecule has 1 amide bonds. The fraction of sp³-hybridized carbons (Fsp3) is 0.130. The van der Waals surface area contributed by atoms with Crippen LogP contribution in [-0.4, -0.2) is 56.6 Å². The molecule has 0 spiro atoms. The van der Waals surface area contributed by atoms with E-state index in [1.165, 1.54) is 0 Å². The Morgan fingerprint density at radius 3 is 2.74 bits per heavy atom. The summed E-state index contributed by atoms with van der Waals surface area (Å²) in [6.45, 7) is 0.314. The summed E-state index contributed by atoms with van der Waals surface area (Å²) >= 11 is 0. The van der Waals surface area contributed by atoms with Crippen LogP contribution in [0, 0.1) is 0 Å². The zero-order valence-electron chi connectivity index (χ0n) is 17.2. The van der Waals surface area contributed by atoms with E-state index in [2.05, 4.69) is 36.5 Å². The van der Waals surface area contributed by atoms with E-state index >= 15 is 0 Å². The number of nitrogens with one attached hydrogen (secondary N) is 3. The summed E-state index contributed by atoms with van der Waals surface area (Å²) in [5, 5.41) is 12.6. The van der Waals surface area contributed by atoms with Crippen LogP contribution in [0.25, 0.3) is 44.3 Å². The third kappa shape index (κ3) is 3.76. The van der Waals surface area contributed by atoms with Gasteiger partial charge in [0.2, 0.25) is 5.91 Å². The number of pyridine rings is 2. The summed E-state index contributed by atoms with van der Waals surface area (Å²) < 4.78 is 0. The zero-order valence-corrected chi connectivity index (χ0v) is 17.2. The van der Waals surface area contributed by atoms with Crippen molar-refractivity contribution in [1.29, 1.82) is 0 Å². The number of hydrogen-bond donors (Lipinski definition) is 3. The van der Waals surface area contributed by atoms with E-state index in [4.69, 9.17) is 0 Å². The fourth-order valence-corrected chi connectivity index (χ4v) is 3.65. The smallest absolute Gasteiger partial charge is 0.238 e. The molecule has 0 bridgehead atoms. The molecular formula is C23H21N7O. The number of likely N-dealkylation sites (N-methyl/N-ethyl adjacent to an activating group) is 1. The number of H-pyrrole nitrogens is 2. The summed E-state index contributed by atoms with van der Waals surface area (Å²) in [6, 6.07) is 12.0. The standard InChI is InChI=1S/C23H21N7O/c1-30(2)13-22(31)26-17-7-15(10-25-12-17)14-3-4-20-18(8-14)23(29-28-20)21-9-16-11-24-6-5-19(16)27-21/h3-12,27H,13H2,1-2H3,(H,26,31)(H,28,29). The highest BCUT2D eigenvalue weighted by Crippen LogP contribution is 2.32. The summed E-state index contributed by atoms with van der Waals surface area (Å²) in [5.74, 6) is -0.0789. The average molecular weight is 411 g/mol.